The fraction of sp³-hybridized carbons (Fsp3) is 0.250. The molecule has 0 aliphatic carbocycles. The average Bonchev–Trinajstić information content (AvgIpc) is 1.87. The predicted molar refractivity (Wildman–Crippen MR) is 32.2 cm³/mol. The predicted octanol–water partition coefficient (Wildman–Crippen LogP) is 0.245. The maximum atomic E-state index is 5.28. The molecule has 2 radical (unpaired) electrons. The maximum absolute atomic E-state index is 5.28. The average molecular weight is 109 g/mol. The van der Waals surface area contributed by atoms with E-state index in [1.165, 1.54) is 11.5 Å². The van der Waals surface area contributed by atoms with Crippen molar-refractivity contribution in [2.24, 2.45) is 0 Å². The molecule has 0 saturated heterocycles. The molecule has 1 aromatic rings. The Bertz CT molecular complexity index is 144. The zero-order valence-corrected chi connectivity index (χ0v) is 4.83. The molecule has 7 heavy (non-hydrogen) atoms. The van der Waals surface area contributed by atoms with E-state index >= 15 is 0 Å². The Balaban J connectivity index is 3.04. The Hall–Kier alpha value is -0.305. The van der Waals surface area contributed by atoms with E-state index in [4.69, 9.17) is 7.85 Å². The SMILES string of the molecule is [B]c1cc(C)sn1. The first-order valence-corrected chi connectivity index (χ1v) is 2.75. The van der Waals surface area contributed by atoms with Crippen molar-refractivity contribution in [3.05, 3.63) is 10.9 Å². The van der Waals surface area contributed by atoms with E-state index in [-0.39, 0.29) is 0 Å². The van der Waals surface area contributed by atoms with Gasteiger partial charge in [-0.3, -0.25) is 0 Å². The zero-order chi connectivity index (χ0) is 5.28. The van der Waals surface area contributed by atoms with Gasteiger partial charge in [0.2, 0.25) is 0 Å². The van der Waals surface area contributed by atoms with Crippen molar-refractivity contribution in [1.29, 1.82) is 0 Å². The second kappa shape index (κ2) is 1.66. The summed E-state index contributed by atoms with van der Waals surface area (Å²) >= 11 is 1.43. The summed E-state index contributed by atoms with van der Waals surface area (Å²) in [6.07, 6.45) is 0. The van der Waals surface area contributed by atoms with Crippen molar-refractivity contribution >= 4 is 25.0 Å². The van der Waals surface area contributed by atoms with Gasteiger partial charge in [-0.15, -0.1) is 0 Å². The number of nitrogens with zero attached hydrogens (tertiary/aromatic N) is 1. The van der Waals surface area contributed by atoms with E-state index in [0.29, 0.717) is 5.59 Å². The Labute approximate surface area is 47.9 Å². The lowest BCUT2D eigenvalue weighted by Crippen LogP contribution is -1.98. The van der Waals surface area contributed by atoms with E-state index < -0.39 is 0 Å². The van der Waals surface area contributed by atoms with Crippen LogP contribution in [0.4, 0.5) is 0 Å². The second-order valence-electron chi connectivity index (χ2n) is 1.36. The Morgan fingerprint density at radius 2 is 2.57 bits per heavy atom. The number of hydrogen-bond acceptors (Lipinski definition) is 2. The summed E-state index contributed by atoms with van der Waals surface area (Å²) in [5, 5.41) is 0. The smallest absolute Gasteiger partial charge is 0.143 e. The lowest BCUT2D eigenvalue weighted by atomic mass is 10.1. The van der Waals surface area contributed by atoms with Crippen LogP contribution in [-0.2, 0) is 0 Å². The summed E-state index contributed by atoms with van der Waals surface area (Å²) in [5.41, 5.74) is 0.627. The van der Waals surface area contributed by atoms with Crippen LogP contribution in [0.1, 0.15) is 4.88 Å². The molecule has 0 unspecified atom stereocenters. The molecule has 0 amide bonds. The van der Waals surface area contributed by atoms with Crippen LogP contribution < -0.4 is 5.59 Å². The van der Waals surface area contributed by atoms with Gasteiger partial charge in [0.25, 0.3) is 0 Å². The highest BCUT2D eigenvalue weighted by molar-refractivity contribution is 7.06. The fourth-order valence-corrected chi connectivity index (χ4v) is 0.861. The van der Waals surface area contributed by atoms with Crippen LogP contribution in [0.2, 0.25) is 0 Å². The molecule has 3 heteroatoms. The summed E-state index contributed by atoms with van der Waals surface area (Å²) < 4.78 is 3.84. The van der Waals surface area contributed by atoms with E-state index in [1.54, 1.807) is 0 Å². The first kappa shape index (κ1) is 4.84. The number of aromatic nitrogens is 1. The van der Waals surface area contributed by atoms with E-state index in [1.807, 2.05) is 13.0 Å². The molecule has 1 heterocycles. The summed E-state index contributed by atoms with van der Waals surface area (Å²) in [4.78, 5) is 1.16. The number of hydrogen-bond donors (Lipinski definition) is 0. The van der Waals surface area contributed by atoms with Gasteiger partial charge >= 0.3 is 0 Å². The molecule has 0 atom stereocenters. The molecule has 0 saturated carbocycles. The minimum atomic E-state index is 0.627. The van der Waals surface area contributed by atoms with Crippen LogP contribution in [-0.4, -0.2) is 12.2 Å². The molecule has 34 valence electrons. The van der Waals surface area contributed by atoms with Crippen LogP contribution in [0.25, 0.3) is 0 Å². The summed E-state index contributed by atoms with van der Waals surface area (Å²) in [7, 11) is 5.28. The molecule has 0 fully saturated rings. The van der Waals surface area contributed by atoms with Crippen molar-refractivity contribution in [2.75, 3.05) is 0 Å². The van der Waals surface area contributed by atoms with Crippen molar-refractivity contribution in [3.8, 4) is 0 Å². The minimum absolute atomic E-state index is 0.627. The third-order valence-corrected chi connectivity index (χ3v) is 1.35. The van der Waals surface area contributed by atoms with Gasteiger partial charge in [0, 0.05) is 10.5 Å². The molecule has 1 nitrogen and oxygen atoms in total. The quantitative estimate of drug-likeness (QED) is 0.435. The van der Waals surface area contributed by atoms with E-state index in [9.17, 15) is 0 Å². The van der Waals surface area contributed by atoms with Gasteiger partial charge < -0.3 is 0 Å². The maximum Gasteiger partial charge on any atom is 0.143 e. The van der Waals surface area contributed by atoms with Gasteiger partial charge in [0.05, 0.1) is 0 Å². The Kier molecular flexibility index (Phi) is 1.15. The Morgan fingerprint density at radius 3 is 2.71 bits per heavy atom. The van der Waals surface area contributed by atoms with Gasteiger partial charge in [-0.05, 0) is 24.5 Å². The molecule has 0 spiro atoms. The minimum Gasteiger partial charge on any atom is -0.209 e. The number of rotatable bonds is 0. The van der Waals surface area contributed by atoms with Crippen molar-refractivity contribution in [2.45, 2.75) is 6.92 Å². The van der Waals surface area contributed by atoms with Gasteiger partial charge in [-0.2, -0.15) is 0 Å². The molecule has 1 rings (SSSR count). The molecular weight excluding hydrogens is 105 g/mol. The topological polar surface area (TPSA) is 12.9 Å². The highest BCUT2D eigenvalue weighted by Crippen LogP contribution is 1.96. The third kappa shape index (κ3) is 1.03. The monoisotopic (exact) mass is 109 g/mol. The fourth-order valence-electron chi connectivity index (χ4n) is 0.386. The summed E-state index contributed by atoms with van der Waals surface area (Å²) in [6, 6.07) is 1.85. The van der Waals surface area contributed by atoms with Crippen LogP contribution in [0.3, 0.4) is 0 Å². The molecule has 0 bridgehead atoms. The third-order valence-electron chi connectivity index (χ3n) is 0.646. The number of aryl methyl sites for hydroxylation is 1. The van der Waals surface area contributed by atoms with E-state index in [0.717, 1.165) is 4.88 Å². The zero-order valence-electron chi connectivity index (χ0n) is 4.01. The second-order valence-corrected chi connectivity index (χ2v) is 2.37. The summed E-state index contributed by atoms with van der Waals surface area (Å²) in [6.45, 7) is 1.98. The van der Waals surface area contributed by atoms with Gasteiger partial charge in [-0.1, -0.05) is 0 Å². The van der Waals surface area contributed by atoms with Crippen LogP contribution in [0.5, 0.6) is 0 Å². The van der Waals surface area contributed by atoms with Gasteiger partial charge in [0.1, 0.15) is 7.85 Å². The molecule has 0 aromatic carbocycles. The lowest BCUT2D eigenvalue weighted by molar-refractivity contribution is 1.64. The van der Waals surface area contributed by atoms with Crippen molar-refractivity contribution in [3.63, 3.8) is 0 Å². The lowest BCUT2D eigenvalue weighted by Gasteiger charge is -1.67. The van der Waals surface area contributed by atoms with E-state index in [2.05, 4.69) is 4.37 Å². The first-order valence-electron chi connectivity index (χ1n) is 1.98. The molecule has 0 N–H and O–H groups in total. The summed E-state index contributed by atoms with van der Waals surface area (Å²) in [5.74, 6) is 0. The van der Waals surface area contributed by atoms with Crippen molar-refractivity contribution in [1.82, 2.24) is 4.37 Å². The van der Waals surface area contributed by atoms with Gasteiger partial charge in [-0.25, -0.2) is 4.37 Å². The molecular formula is C4H4BNS. The van der Waals surface area contributed by atoms with Crippen LogP contribution >= 0.6 is 11.5 Å². The van der Waals surface area contributed by atoms with Gasteiger partial charge in [0.15, 0.2) is 0 Å². The Morgan fingerprint density at radius 1 is 1.86 bits per heavy atom. The highest BCUT2D eigenvalue weighted by atomic mass is 32.1. The van der Waals surface area contributed by atoms with Crippen LogP contribution in [0, 0.1) is 6.92 Å². The molecule has 0 aliphatic heterocycles. The first-order chi connectivity index (χ1) is 3.29. The standard InChI is InChI=1S/C4H4BNS/c1-3-2-4(5)6-7-3/h2H,1H3. The normalized spacial score (nSPS) is 9.29. The highest BCUT2D eigenvalue weighted by Gasteiger charge is 1.86. The largest absolute Gasteiger partial charge is 0.209 e. The molecule has 1 aromatic heterocycles. The molecule has 0 aliphatic rings. The van der Waals surface area contributed by atoms with Crippen molar-refractivity contribution < 1.29 is 0 Å². The van der Waals surface area contributed by atoms with Crippen LogP contribution in [0.15, 0.2) is 6.07 Å².